The van der Waals surface area contributed by atoms with Crippen LogP contribution in [0.2, 0.25) is 0 Å². The Morgan fingerprint density at radius 3 is 2.95 bits per heavy atom. The van der Waals surface area contributed by atoms with Gasteiger partial charge in [-0.3, -0.25) is 9.69 Å². The van der Waals surface area contributed by atoms with Crippen molar-refractivity contribution < 1.29 is 13.9 Å². The van der Waals surface area contributed by atoms with E-state index in [0.717, 1.165) is 37.1 Å². The summed E-state index contributed by atoms with van der Waals surface area (Å²) in [6.45, 7) is 1.40. The Labute approximate surface area is 129 Å². The Bertz CT molecular complexity index is 624. The van der Waals surface area contributed by atoms with Crippen molar-refractivity contribution >= 4 is 5.97 Å². The normalized spacial score (nSPS) is 19.0. The van der Waals surface area contributed by atoms with E-state index in [-0.39, 0.29) is 12.0 Å². The van der Waals surface area contributed by atoms with Gasteiger partial charge >= 0.3 is 5.97 Å². The van der Waals surface area contributed by atoms with E-state index in [1.807, 2.05) is 30.3 Å². The quantitative estimate of drug-likeness (QED) is 0.813. The second kappa shape index (κ2) is 6.75. The number of likely N-dealkylation sites (tertiary alicyclic amines) is 1. The van der Waals surface area contributed by atoms with Crippen LogP contribution in [0.3, 0.4) is 0 Å². The molecule has 0 N–H and O–H groups in total. The predicted molar refractivity (Wildman–Crippen MR) is 82.0 cm³/mol. The fourth-order valence-electron chi connectivity index (χ4n) is 2.88. The SMILES string of the molecule is COC(=O)[C@@H]1CCCCN1Cc1ncc(-c2ccccc2)o1. The molecule has 1 aliphatic rings. The number of aromatic nitrogens is 1. The second-order valence-corrected chi connectivity index (χ2v) is 5.49. The molecule has 22 heavy (non-hydrogen) atoms. The van der Waals surface area contributed by atoms with E-state index in [1.165, 1.54) is 7.11 Å². The van der Waals surface area contributed by atoms with Gasteiger partial charge in [-0.05, 0) is 19.4 Å². The van der Waals surface area contributed by atoms with E-state index in [1.54, 1.807) is 6.20 Å². The zero-order chi connectivity index (χ0) is 15.4. The second-order valence-electron chi connectivity index (χ2n) is 5.49. The zero-order valence-electron chi connectivity index (χ0n) is 12.7. The topological polar surface area (TPSA) is 55.6 Å². The van der Waals surface area contributed by atoms with Gasteiger partial charge in [0.1, 0.15) is 6.04 Å². The highest BCUT2D eigenvalue weighted by atomic mass is 16.5. The molecule has 1 atom stereocenters. The van der Waals surface area contributed by atoms with Crippen molar-refractivity contribution in [2.24, 2.45) is 0 Å². The lowest BCUT2D eigenvalue weighted by molar-refractivity contribution is -0.148. The number of ether oxygens (including phenoxy) is 1. The molecule has 0 aliphatic carbocycles. The van der Waals surface area contributed by atoms with Gasteiger partial charge < -0.3 is 9.15 Å². The molecule has 2 heterocycles. The maximum absolute atomic E-state index is 11.9. The molecule has 0 radical (unpaired) electrons. The van der Waals surface area contributed by atoms with Crippen molar-refractivity contribution in [1.82, 2.24) is 9.88 Å². The maximum Gasteiger partial charge on any atom is 0.323 e. The summed E-state index contributed by atoms with van der Waals surface area (Å²) in [4.78, 5) is 18.3. The average Bonchev–Trinajstić information content (AvgIpc) is 3.04. The highest BCUT2D eigenvalue weighted by Crippen LogP contribution is 2.23. The van der Waals surface area contributed by atoms with E-state index < -0.39 is 0 Å². The molecule has 3 rings (SSSR count). The van der Waals surface area contributed by atoms with Crippen LogP contribution >= 0.6 is 0 Å². The summed E-state index contributed by atoms with van der Waals surface area (Å²) in [6.07, 6.45) is 4.71. The Morgan fingerprint density at radius 2 is 2.18 bits per heavy atom. The summed E-state index contributed by atoms with van der Waals surface area (Å²) in [6, 6.07) is 9.69. The number of carbonyl (C=O) groups excluding carboxylic acids is 1. The van der Waals surface area contributed by atoms with Crippen molar-refractivity contribution in [3.63, 3.8) is 0 Å². The summed E-state index contributed by atoms with van der Waals surface area (Å²) >= 11 is 0. The minimum absolute atomic E-state index is 0.172. The smallest absolute Gasteiger partial charge is 0.323 e. The molecule has 5 nitrogen and oxygen atoms in total. The van der Waals surface area contributed by atoms with E-state index in [0.29, 0.717) is 12.4 Å². The maximum atomic E-state index is 11.9. The van der Waals surface area contributed by atoms with Gasteiger partial charge in [0.15, 0.2) is 5.76 Å². The number of piperidine rings is 1. The lowest BCUT2D eigenvalue weighted by Gasteiger charge is -2.32. The summed E-state index contributed by atoms with van der Waals surface area (Å²) in [5, 5.41) is 0. The van der Waals surface area contributed by atoms with Crippen LogP contribution in [0.25, 0.3) is 11.3 Å². The number of hydrogen-bond acceptors (Lipinski definition) is 5. The van der Waals surface area contributed by atoms with E-state index in [9.17, 15) is 4.79 Å². The predicted octanol–water partition coefficient (Wildman–Crippen LogP) is 2.87. The number of rotatable bonds is 4. The van der Waals surface area contributed by atoms with Crippen molar-refractivity contribution in [2.45, 2.75) is 31.8 Å². The minimum Gasteiger partial charge on any atom is -0.468 e. The number of carbonyl (C=O) groups is 1. The summed E-state index contributed by atoms with van der Waals surface area (Å²) in [7, 11) is 1.44. The molecule has 1 saturated heterocycles. The van der Waals surface area contributed by atoms with E-state index >= 15 is 0 Å². The van der Waals surface area contributed by atoms with Gasteiger partial charge in [-0.25, -0.2) is 4.98 Å². The van der Waals surface area contributed by atoms with Crippen LogP contribution in [0, 0.1) is 0 Å². The lowest BCUT2D eigenvalue weighted by Crippen LogP contribution is -2.44. The first-order valence-electron chi connectivity index (χ1n) is 7.60. The minimum atomic E-state index is -0.189. The molecule has 1 fully saturated rings. The average molecular weight is 300 g/mol. The Kier molecular flexibility index (Phi) is 4.53. The van der Waals surface area contributed by atoms with Gasteiger partial charge in [0, 0.05) is 5.56 Å². The van der Waals surface area contributed by atoms with Crippen LogP contribution in [0.4, 0.5) is 0 Å². The van der Waals surface area contributed by atoms with Crippen LogP contribution in [0.15, 0.2) is 40.9 Å². The summed E-state index contributed by atoms with van der Waals surface area (Å²) in [5.41, 5.74) is 1.00. The largest absolute Gasteiger partial charge is 0.468 e. The van der Waals surface area contributed by atoms with Gasteiger partial charge in [0.25, 0.3) is 0 Å². The third-order valence-electron chi connectivity index (χ3n) is 4.04. The lowest BCUT2D eigenvalue weighted by atomic mass is 10.0. The Morgan fingerprint density at radius 1 is 1.36 bits per heavy atom. The number of benzene rings is 1. The third kappa shape index (κ3) is 3.20. The number of nitrogens with zero attached hydrogens (tertiary/aromatic N) is 2. The first kappa shape index (κ1) is 14.8. The van der Waals surface area contributed by atoms with Gasteiger partial charge in [0.2, 0.25) is 5.89 Å². The standard InChI is InChI=1S/C17H20N2O3/c1-21-17(20)14-9-5-6-10-19(14)12-16-18-11-15(22-16)13-7-3-2-4-8-13/h2-4,7-8,11,14H,5-6,9-10,12H2,1H3/t14-/m0/s1. The molecular weight excluding hydrogens is 280 g/mol. The van der Waals surface area contributed by atoms with Crippen molar-refractivity contribution in [2.75, 3.05) is 13.7 Å². The molecule has 5 heteroatoms. The molecule has 0 unspecified atom stereocenters. The van der Waals surface area contributed by atoms with Gasteiger partial charge in [-0.1, -0.05) is 36.8 Å². The van der Waals surface area contributed by atoms with Gasteiger partial charge in [-0.15, -0.1) is 0 Å². The number of esters is 1. The molecule has 1 aromatic carbocycles. The summed E-state index contributed by atoms with van der Waals surface area (Å²) < 4.78 is 10.7. The van der Waals surface area contributed by atoms with Crippen molar-refractivity contribution in [1.29, 1.82) is 0 Å². The molecule has 1 aliphatic heterocycles. The first-order valence-corrected chi connectivity index (χ1v) is 7.60. The zero-order valence-corrected chi connectivity index (χ0v) is 12.7. The van der Waals surface area contributed by atoms with Gasteiger partial charge in [-0.2, -0.15) is 0 Å². The molecule has 1 aromatic heterocycles. The molecule has 2 aromatic rings. The number of hydrogen-bond donors (Lipinski definition) is 0. The molecule has 0 amide bonds. The van der Waals surface area contributed by atoms with E-state index in [2.05, 4.69) is 9.88 Å². The Balaban J connectivity index is 1.72. The molecule has 116 valence electrons. The molecular formula is C17H20N2O3. The van der Waals surface area contributed by atoms with Gasteiger partial charge in [0.05, 0.1) is 19.9 Å². The highest BCUT2D eigenvalue weighted by molar-refractivity contribution is 5.75. The van der Waals surface area contributed by atoms with Crippen LogP contribution < -0.4 is 0 Å². The fraction of sp³-hybridized carbons (Fsp3) is 0.412. The van der Waals surface area contributed by atoms with E-state index in [4.69, 9.17) is 9.15 Å². The molecule has 0 bridgehead atoms. The van der Waals surface area contributed by atoms with Crippen LogP contribution in [-0.4, -0.2) is 35.5 Å². The fourth-order valence-corrected chi connectivity index (χ4v) is 2.88. The first-order chi connectivity index (χ1) is 10.8. The van der Waals surface area contributed by atoms with Crippen molar-refractivity contribution in [3.8, 4) is 11.3 Å². The molecule has 0 spiro atoms. The highest BCUT2D eigenvalue weighted by Gasteiger charge is 2.30. The number of methoxy groups -OCH3 is 1. The van der Waals surface area contributed by atoms with Crippen molar-refractivity contribution in [3.05, 3.63) is 42.4 Å². The van der Waals surface area contributed by atoms with Crippen LogP contribution in [0.1, 0.15) is 25.2 Å². The Hall–Kier alpha value is -2.14. The monoisotopic (exact) mass is 300 g/mol. The molecule has 0 saturated carbocycles. The number of oxazole rings is 1. The summed E-state index contributed by atoms with van der Waals surface area (Å²) in [5.74, 6) is 1.21. The third-order valence-corrected chi connectivity index (χ3v) is 4.04. The van der Waals surface area contributed by atoms with Crippen LogP contribution in [0.5, 0.6) is 0 Å². The van der Waals surface area contributed by atoms with Crippen LogP contribution in [-0.2, 0) is 16.1 Å².